The van der Waals surface area contributed by atoms with E-state index in [-0.39, 0.29) is 11.4 Å². The third-order valence-electron chi connectivity index (χ3n) is 2.13. The van der Waals surface area contributed by atoms with Gasteiger partial charge in [-0.2, -0.15) is 0 Å². The van der Waals surface area contributed by atoms with Gasteiger partial charge in [-0.3, -0.25) is 10.1 Å². The van der Waals surface area contributed by atoms with Crippen LogP contribution in [0.15, 0.2) is 48.5 Å². The summed E-state index contributed by atoms with van der Waals surface area (Å²) >= 11 is 5.50. The highest BCUT2D eigenvalue weighted by molar-refractivity contribution is 6.30. The van der Waals surface area contributed by atoms with E-state index in [9.17, 15) is 10.1 Å². The smallest absolute Gasteiger partial charge is 0.293 e. The molecule has 94 valence electrons. The van der Waals surface area contributed by atoms with Gasteiger partial charge in [0.1, 0.15) is 5.69 Å². The van der Waals surface area contributed by atoms with Crippen LogP contribution < -0.4 is 5.73 Å². The van der Waals surface area contributed by atoms with Gasteiger partial charge in [0.05, 0.1) is 4.92 Å². The Bertz CT molecular complexity index is 530. The minimum absolute atomic E-state index is 0.124. The van der Waals surface area contributed by atoms with Crippen molar-refractivity contribution < 1.29 is 4.92 Å². The van der Waals surface area contributed by atoms with Gasteiger partial charge in [0.15, 0.2) is 0 Å². The predicted molar refractivity (Wildman–Crippen MR) is 73.7 cm³/mol. The highest BCUT2D eigenvalue weighted by Crippen LogP contribution is 2.24. The summed E-state index contributed by atoms with van der Waals surface area (Å²) in [7, 11) is 0. The summed E-state index contributed by atoms with van der Waals surface area (Å²) < 4.78 is 0. The van der Waals surface area contributed by atoms with Gasteiger partial charge in [-0.15, -0.1) is 0 Å². The quantitative estimate of drug-likeness (QED) is 0.483. The zero-order valence-electron chi connectivity index (χ0n) is 9.84. The van der Waals surface area contributed by atoms with Crippen molar-refractivity contribution in [3.05, 3.63) is 69.2 Å². The molecule has 0 bridgehead atoms. The van der Waals surface area contributed by atoms with Gasteiger partial charge in [-0.1, -0.05) is 47.5 Å². The van der Waals surface area contributed by atoms with Crippen LogP contribution in [0.25, 0.3) is 0 Å². The normalized spacial score (nSPS) is 9.22. The van der Waals surface area contributed by atoms with Crippen molar-refractivity contribution in [3.8, 4) is 0 Å². The molecule has 0 aliphatic heterocycles. The van der Waals surface area contributed by atoms with Crippen LogP contribution in [-0.4, -0.2) is 4.92 Å². The first-order chi connectivity index (χ1) is 8.50. The number of hydrogen-bond acceptors (Lipinski definition) is 3. The van der Waals surface area contributed by atoms with Gasteiger partial charge in [-0.05, 0) is 19.1 Å². The summed E-state index contributed by atoms with van der Waals surface area (Å²) in [5.41, 5.74) is 6.58. The zero-order valence-corrected chi connectivity index (χ0v) is 10.6. The number of aryl methyl sites for hydroxylation is 1. The number of nitrogens with zero attached hydrogens (tertiary/aromatic N) is 1. The first kappa shape index (κ1) is 14.0. The van der Waals surface area contributed by atoms with Crippen LogP contribution in [0.4, 0.5) is 11.4 Å². The molecule has 0 amide bonds. The molecule has 0 atom stereocenters. The highest BCUT2D eigenvalue weighted by atomic mass is 35.5. The number of nitrogen functional groups attached to an aromatic ring is 1. The Hall–Kier alpha value is -2.07. The molecule has 0 aromatic heterocycles. The topological polar surface area (TPSA) is 69.2 Å². The van der Waals surface area contributed by atoms with E-state index < -0.39 is 4.92 Å². The molecular weight excluding hydrogens is 252 g/mol. The van der Waals surface area contributed by atoms with Gasteiger partial charge in [0.25, 0.3) is 5.69 Å². The molecule has 0 radical (unpaired) electrons. The lowest BCUT2D eigenvalue weighted by atomic mass is 10.2. The second-order valence-corrected chi connectivity index (χ2v) is 4.05. The highest BCUT2D eigenvalue weighted by Gasteiger charge is 2.10. The van der Waals surface area contributed by atoms with Gasteiger partial charge >= 0.3 is 0 Å². The maximum absolute atomic E-state index is 10.2. The number of nitrogens with two attached hydrogens (primary N) is 1. The largest absolute Gasteiger partial charge is 0.393 e. The molecule has 0 unspecified atom stereocenters. The van der Waals surface area contributed by atoms with E-state index in [2.05, 4.69) is 19.1 Å². The van der Waals surface area contributed by atoms with Crippen LogP contribution in [0, 0.1) is 17.0 Å². The van der Waals surface area contributed by atoms with Crippen molar-refractivity contribution in [2.24, 2.45) is 0 Å². The van der Waals surface area contributed by atoms with Gasteiger partial charge in [0, 0.05) is 11.1 Å². The molecule has 0 aliphatic rings. The summed E-state index contributed by atoms with van der Waals surface area (Å²) in [4.78, 5) is 9.67. The Morgan fingerprint density at radius 2 is 1.78 bits per heavy atom. The molecule has 2 aromatic rings. The molecule has 18 heavy (non-hydrogen) atoms. The van der Waals surface area contributed by atoms with E-state index >= 15 is 0 Å². The second kappa shape index (κ2) is 6.61. The summed E-state index contributed by atoms with van der Waals surface area (Å²) in [6, 6.07) is 14.4. The van der Waals surface area contributed by atoms with Crippen LogP contribution in [0.1, 0.15) is 5.56 Å². The van der Waals surface area contributed by atoms with E-state index in [0.29, 0.717) is 5.02 Å². The minimum atomic E-state index is -0.568. The van der Waals surface area contributed by atoms with E-state index in [1.807, 2.05) is 18.2 Å². The fourth-order valence-electron chi connectivity index (χ4n) is 1.21. The fourth-order valence-corrected chi connectivity index (χ4v) is 1.38. The standard InChI is InChI=1S/C7H8.C6H5ClN2O2/c1-7-5-3-2-4-6-7;7-4-1-2-5(8)6(3-4)9(10)11/h2-6H,1H3;1-3H,8H2. The van der Waals surface area contributed by atoms with Crippen LogP contribution in [0.3, 0.4) is 0 Å². The number of anilines is 1. The Kier molecular flexibility index (Phi) is 5.14. The Balaban J connectivity index is 0.000000199. The molecule has 0 aliphatic carbocycles. The first-order valence-electron chi connectivity index (χ1n) is 5.22. The molecule has 0 saturated carbocycles. The third kappa shape index (κ3) is 4.43. The van der Waals surface area contributed by atoms with E-state index in [1.165, 1.54) is 23.8 Å². The van der Waals surface area contributed by atoms with Crippen molar-refractivity contribution in [3.63, 3.8) is 0 Å². The monoisotopic (exact) mass is 264 g/mol. The Morgan fingerprint density at radius 1 is 1.17 bits per heavy atom. The fraction of sp³-hybridized carbons (Fsp3) is 0.0769. The number of nitro groups is 1. The molecule has 4 nitrogen and oxygen atoms in total. The molecule has 2 N–H and O–H groups in total. The number of benzene rings is 2. The van der Waals surface area contributed by atoms with Crippen molar-refractivity contribution in [1.29, 1.82) is 0 Å². The molecule has 0 spiro atoms. The number of halogens is 1. The van der Waals surface area contributed by atoms with Crippen LogP contribution in [0.2, 0.25) is 5.02 Å². The number of nitro benzene ring substituents is 1. The van der Waals surface area contributed by atoms with Gasteiger partial charge in [-0.25, -0.2) is 0 Å². The van der Waals surface area contributed by atoms with Crippen molar-refractivity contribution >= 4 is 23.0 Å². The maximum atomic E-state index is 10.2. The number of rotatable bonds is 1. The van der Waals surface area contributed by atoms with Crippen LogP contribution >= 0.6 is 11.6 Å². The summed E-state index contributed by atoms with van der Waals surface area (Å²) in [5.74, 6) is 0. The van der Waals surface area contributed by atoms with Crippen LogP contribution in [-0.2, 0) is 0 Å². The molecule has 2 rings (SSSR count). The predicted octanol–water partition coefficient (Wildman–Crippen LogP) is 3.83. The van der Waals surface area contributed by atoms with Gasteiger partial charge < -0.3 is 5.73 Å². The first-order valence-corrected chi connectivity index (χ1v) is 5.59. The number of hydrogen-bond donors (Lipinski definition) is 1. The summed E-state index contributed by atoms with van der Waals surface area (Å²) in [6.07, 6.45) is 0. The second-order valence-electron chi connectivity index (χ2n) is 3.61. The Morgan fingerprint density at radius 3 is 2.17 bits per heavy atom. The maximum Gasteiger partial charge on any atom is 0.293 e. The molecule has 2 aromatic carbocycles. The summed E-state index contributed by atoms with van der Waals surface area (Å²) in [5, 5.41) is 10.6. The van der Waals surface area contributed by atoms with Crippen LogP contribution in [0.5, 0.6) is 0 Å². The Labute approximate surface area is 110 Å². The van der Waals surface area contributed by atoms with E-state index in [4.69, 9.17) is 17.3 Å². The molecular formula is C13H13ClN2O2. The van der Waals surface area contributed by atoms with Crippen molar-refractivity contribution in [1.82, 2.24) is 0 Å². The molecule has 0 fully saturated rings. The summed E-state index contributed by atoms with van der Waals surface area (Å²) in [6.45, 7) is 2.08. The average molecular weight is 265 g/mol. The minimum Gasteiger partial charge on any atom is -0.393 e. The average Bonchev–Trinajstić information content (AvgIpc) is 2.34. The SMILES string of the molecule is Cc1ccccc1.Nc1ccc(Cl)cc1[N+](=O)[O-]. The lowest BCUT2D eigenvalue weighted by molar-refractivity contribution is -0.383. The lowest BCUT2D eigenvalue weighted by Crippen LogP contribution is -1.94. The molecule has 0 heterocycles. The van der Waals surface area contributed by atoms with E-state index in [1.54, 1.807) is 0 Å². The van der Waals surface area contributed by atoms with Crippen molar-refractivity contribution in [2.45, 2.75) is 6.92 Å². The zero-order chi connectivity index (χ0) is 13.5. The lowest BCUT2D eigenvalue weighted by Gasteiger charge is -1.95. The molecule has 0 saturated heterocycles. The third-order valence-corrected chi connectivity index (χ3v) is 2.36. The molecule has 5 heteroatoms. The van der Waals surface area contributed by atoms with Crippen molar-refractivity contribution in [2.75, 3.05) is 5.73 Å². The van der Waals surface area contributed by atoms with E-state index in [0.717, 1.165) is 0 Å². The van der Waals surface area contributed by atoms with Gasteiger partial charge in [0.2, 0.25) is 0 Å².